The first-order chi connectivity index (χ1) is 15.6. The van der Waals surface area contributed by atoms with Crippen LogP contribution in [0.25, 0.3) is 0 Å². The van der Waals surface area contributed by atoms with Crippen LogP contribution in [0, 0.1) is 5.92 Å². The van der Waals surface area contributed by atoms with E-state index in [0.29, 0.717) is 38.2 Å². The van der Waals surface area contributed by atoms with Gasteiger partial charge in [0.2, 0.25) is 5.91 Å². The Morgan fingerprint density at radius 1 is 0.938 bits per heavy atom. The van der Waals surface area contributed by atoms with Crippen molar-refractivity contribution < 1.29 is 14.0 Å². The third-order valence-corrected chi connectivity index (χ3v) is 6.76. The molecule has 0 unspecified atom stereocenters. The highest BCUT2D eigenvalue weighted by Gasteiger charge is 2.28. The molecule has 0 bridgehead atoms. The van der Waals surface area contributed by atoms with Crippen molar-refractivity contribution >= 4 is 11.8 Å². The van der Waals surface area contributed by atoms with E-state index in [1.165, 1.54) is 17.4 Å². The topological polar surface area (TPSA) is 69.0 Å². The molecule has 7 heteroatoms. The van der Waals surface area contributed by atoms with Crippen molar-refractivity contribution in [1.29, 1.82) is 0 Å². The summed E-state index contributed by atoms with van der Waals surface area (Å²) in [5.74, 6) is 0.301. The van der Waals surface area contributed by atoms with Gasteiger partial charge in [-0.2, -0.15) is 0 Å². The molecule has 2 amide bonds. The molecule has 0 spiro atoms. The van der Waals surface area contributed by atoms with E-state index in [9.17, 15) is 9.59 Å². The molecular weight excluding hydrogens is 404 g/mol. The van der Waals surface area contributed by atoms with Crippen molar-refractivity contribution in [1.82, 2.24) is 20.0 Å². The maximum absolute atomic E-state index is 12.8. The van der Waals surface area contributed by atoms with Crippen LogP contribution in [0.4, 0.5) is 0 Å². The molecule has 7 nitrogen and oxygen atoms in total. The summed E-state index contributed by atoms with van der Waals surface area (Å²) in [4.78, 5) is 32.0. The first kappa shape index (κ1) is 22.6. The van der Waals surface area contributed by atoms with Crippen molar-refractivity contribution in [3.05, 3.63) is 59.5 Å². The van der Waals surface area contributed by atoms with Crippen LogP contribution in [0.3, 0.4) is 0 Å². The summed E-state index contributed by atoms with van der Waals surface area (Å²) >= 11 is 0. The summed E-state index contributed by atoms with van der Waals surface area (Å²) in [6.07, 6.45) is 2.87. The lowest BCUT2D eigenvalue weighted by Crippen LogP contribution is -2.45. The minimum atomic E-state index is -0.0949. The maximum Gasteiger partial charge on any atom is 0.289 e. The molecule has 32 heavy (non-hydrogen) atoms. The monoisotopic (exact) mass is 438 g/mol. The SMILES string of the molecule is CCN1CCN(Cc2ccccc2CNC(=O)C2CCN(C(=O)c3ccco3)CC2)CC1. The van der Waals surface area contributed by atoms with Gasteiger partial charge in [0, 0.05) is 58.3 Å². The van der Waals surface area contributed by atoms with Crippen LogP contribution >= 0.6 is 0 Å². The number of carbonyl (C=O) groups is 2. The number of hydrogen-bond donors (Lipinski definition) is 1. The zero-order valence-electron chi connectivity index (χ0n) is 19.0. The van der Waals surface area contributed by atoms with E-state index >= 15 is 0 Å². The van der Waals surface area contributed by atoms with E-state index in [1.54, 1.807) is 17.0 Å². The molecule has 2 aliphatic heterocycles. The van der Waals surface area contributed by atoms with Gasteiger partial charge in [0.05, 0.1) is 6.26 Å². The van der Waals surface area contributed by atoms with Gasteiger partial charge in [-0.05, 0) is 42.6 Å². The molecule has 3 heterocycles. The Hall–Kier alpha value is -2.64. The van der Waals surface area contributed by atoms with Gasteiger partial charge >= 0.3 is 0 Å². The van der Waals surface area contributed by atoms with Crippen LogP contribution in [0.2, 0.25) is 0 Å². The number of likely N-dealkylation sites (tertiary alicyclic amines) is 1. The molecule has 4 rings (SSSR count). The van der Waals surface area contributed by atoms with E-state index in [4.69, 9.17) is 4.42 Å². The third kappa shape index (κ3) is 5.58. The summed E-state index contributed by atoms with van der Waals surface area (Å²) in [5.41, 5.74) is 2.47. The van der Waals surface area contributed by atoms with Gasteiger partial charge in [-0.15, -0.1) is 0 Å². The van der Waals surface area contributed by atoms with Crippen LogP contribution in [0.5, 0.6) is 0 Å². The fourth-order valence-corrected chi connectivity index (χ4v) is 4.62. The lowest BCUT2D eigenvalue weighted by atomic mass is 9.95. The standard InChI is InChI=1S/C25H34N4O3/c1-2-27-13-15-28(16-14-27)19-22-7-4-3-6-21(22)18-26-24(30)20-9-11-29(12-10-20)25(31)23-8-5-17-32-23/h3-8,17,20H,2,9-16,18-19H2,1H3,(H,26,30). The summed E-state index contributed by atoms with van der Waals surface area (Å²) < 4.78 is 5.21. The molecule has 0 radical (unpaired) electrons. The second-order valence-corrected chi connectivity index (χ2v) is 8.74. The lowest BCUT2D eigenvalue weighted by molar-refractivity contribution is -0.126. The highest BCUT2D eigenvalue weighted by molar-refractivity contribution is 5.91. The number of hydrogen-bond acceptors (Lipinski definition) is 5. The molecule has 2 aliphatic rings. The third-order valence-electron chi connectivity index (χ3n) is 6.76. The van der Waals surface area contributed by atoms with Gasteiger partial charge < -0.3 is 19.5 Å². The second kappa shape index (κ2) is 10.8. The molecular formula is C25H34N4O3. The number of amides is 2. The van der Waals surface area contributed by atoms with Crippen molar-refractivity contribution in [3.8, 4) is 0 Å². The fourth-order valence-electron chi connectivity index (χ4n) is 4.62. The quantitative estimate of drug-likeness (QED) is 0.720. The summed E-state index contributed by atoms with van der Waals surface area (Å²) in [6.45, 7) is 10.4. The van der Waals surface area contributed by atoms with Crippen molar-refractivity contribution in [2.45, 2.75) is 32.9 Å². The van der Waals surface area contributed by atoms with Gasteiger partial charge in [-0.1, -0.05) is 31.2 Å². The number of furan rings is 1. The maximum atomic E-state index is 12.8. The molecule has 0 aliphatic carbocycles. The largest absolute Gasteiger partial charge is 0.459 e. The average Bonchev–Trinajstić information content (AvgIpc) is 3.38. The van der Waals surface area contributed by atoms with Gasteiger partial charge in [-0.25, -0.2) is 0 Å². The Morgan fingerprint density at radius 3 is 2.28 bits per heavy atom. The lowest BCUT2D eigenvalue weighted by Gasteiger charge is -2.34. The van der Waals surface area contributed by atoms with Gasteiger partial charge in [0.15, 0.2) is 5.76 Å². The Kier molecular flexibility index (Phi) is 7.60. The second-order valence-electron chi connectivity index (χ2n) is 8.74. The number of carbonyl (C=O) groups excluding carboxylic acids is 2. The van der Waals surface area contributed by atoms with E-state index in [0.717, 1.165) is 39.3 Å². The molecule has 2 aromatic rings. The molecule has 2 saturated heterocycles. The number of likely N-dealkylation sites (N-methyl/N-ethyl adjacent to an activating group) is 1. The predicted octanol–water partition coefficient (Wildman–Crippen LogP) is 2.59. The van der Waals surface area contributed by atoms with Crippen LogP contribution in [-0.4, -0.2) is 72.3 Å². The normalized spacial score (nSPS) is 18.6. The van der Waals surface area contributed by atoms with Crippen LogP contribution < -0.4 is 5.32 Å². The minimum Gasteiger partial charge on any atom is -0.459 e. The van der Waals surface area contributed by atoms with Crippen LogP contribution in [-0.2, 0) is 17.9 Å². The predicted molar refractivity (Wildman–Crippen MR) is 123 cm³/mol. The van der Waals surface area contributed by atoms with Gasteiger partial charge in [0.1, 0.15) is 0 Å². The first-order valence-corrected chi connectivity index (χ1v) is 11.8. The number of nitrogens with zero attached hydrogens (tertiary/aromatic N) is 3. The van der Waals surface area contributed by atoms with Crippen LogP contribution in [0.15, 0.2) is 47.1 Å². The number of piperazine rings is 1. The molecule has 0 atom stereocenters. The number of benzene rings is 1. The van der Waals surface area contributed by atoms with E-state index in [1.807, 2.05) is 6.07 Å². The van der Waals surface area contributed by atoms with Gasteiger partial charge in [0.25, 0.3) is 5.91 Å². The average molecular weight is 439 g/mol. The molecule has 1 N–H and O–H groups in total. The fraction of sp³-hybridized carbons (Fsp3) is 0.520. The summed E-state index contributed by atoms with van der Waals surface area (Å²) in [7, 11) is 0. The highest BCUT2D eigenvalue weighted by Crippen LogP contribution is 2.20. The zero-order chi connectivity index (χ0) is 22.3. The number of rotatable bonds is 7. The molecule has 0 saturated carbocycles. The number of nitrogens with one attached hydrogen (secondary N) is 1. The molecule has 2 fully saturated rings. The number of piperidine rings is 1. The minimum absolute atomic E-state index is 0.0510. The Bertz CT molecular complexity index is 882. The Morgan fingerprint density at radius 2 is 1.62 bits per heavy atom. The molecule has 1 aromatic heterocycles. The Labute approximate surface area is 190 Å². The van der Waals surface area contributed by atoms with Gasteiger partial charge in [-0.3, -0.25) is 14.5 Å². The highest BCUT2D eigenvalue weighted by atomic mass is 16.3. The van der Waals surface area contributed by atoms with Crippen LogP contribution in [0.1, 0.15) is 41.4 Å². The summed E-state index contributed by atoms with van der Waals surface area (Å²) in [6, 6.07) is 11.8. The molecule has 172 valence electrons. The molecule has 1 aromatic carbocycles. The first-order valence-electron chi connectivity index (χ1n) is 11.8. The zero-order valence-corrected chi connectivity index (χ0v) is 19.0. The van der Waals surface area contributed by atoms with E-state index in [2.05, 4.69) is 40.2 Å². The summed E-state index contributed by atoms with van der Waals surface area (Å²) in [5, 5.41) is 3.15. The smallest absolute Gasteiger partial charge is 0.289 e. The van der Waals surface area contributed by atoms with Crippen molar-refractivity contribution in [2.75, 3.05) is 45.8 Å². The van der Waals surface area contributed by atoms with E-state index < -0.39 is 0 Å². The van der Waals surface area contributed by atoms with Crippen molar-refractivity contribution in [2.24, 2.45) is 5.92 Å². The van der Waals surface area contributed by atoms with E-state index in [-0.39, 0.29) is 17.7 Å². The Balaban J connectivity index is 1.25. The van der Waals surface area contributed by atoms with Crippen molar-refractivity contribution in [3.63, 3.8) is 0 Å².